The molecule has 0 fully saturated rings. The molecule has 0 radical (unpaired) electrons. The average Bonchev–Trinajstić information content (AvgIpc) is 3.64. The molecule has 0 saturated carbocycles. The number of fused-ring (bicyclic) bond motifs is 6. The Morgan fingerprint density at radius 1 is 0.472 bits per heavy atom. The van der Waals surface area contributed by atoms with Crippen LogP contribution in [0, 0.1) is 0 Å². The van der Waals surface area contributed by atoms with Gasteiger partial charge in [-0.2, -0.15) is 0 Å². The number of aromatic nitrogens is 4. The van der Waals surface area contributed by atoms with E-state index in [1.54, 1.807) is 0 Å². The number of hydrogen-bond acceptors (Lipinski definition) is 4. The Morgan fingerprint density at radius 3 is 1.38 bits per heavy atom. The van der Waals surface area contributed by atoms with Crippen molar-refractivity contribution in [3.05, 3.63) is 154 Å². The number of rotatable bonds is 15. The molecule has 0 aliphatic carbocycles. The van der Waals surface area contributed by atoms with Gasteiger partial charge in [0.05, 0.1) is 34.8 Å². The van der Waals surface area contributed by atoms with E-state index in [2.05, 4.69) is 92.6 Å². The number of benzene rings is 4. The molecule has 2 N–H and O–H groups in total. The fraction of sp³-hybridized carbons (Fsp3) is 0.227. The first kappa shape index (κ1) is 36.9. The molecule has 0 amide bonds. The Labute approximate surface area is 326 Å². The molecular formula is C44H43Cl3N6. The number of para-hydroxylation sites is 2. The van der Waals surface area contributed by atoms with Crippen molar-refractivity contribution >= 4 is 79.2 Å². The van der Waals surface area contributed by atoms with E-state index in [0.29, 0.717) is 0 Å². The van der Waals surface area contributed by atoms with E-state index < -0.39 is 0 Å². The summed E-state index contributed by atoms with van der Waals surface area (Å²) in [6.07, 6.45) is 8.76. The van der Waals surface area contributed by atoms with Crippen molar-refractivity contribution in [2.24, 2.45) is 0 Å². The predicted molar refractivity (Wildman–Crippen MR) is 225 cm³/mol. The fourth-order valence-corrected chi connectivity index (χ4v) is 7.86. The lowest BCUT2D eigenvalue weighted by Crippen LogP contribution is -2.16. The van der Waals surface area contributed by atoms with Crippen LogP contribution in [0.25, 0.3) is 43.6 Å². The lowest BCUT2D eigenvalue weighted by Gasteiger charge is -2.09. The van der Waals surface area contributed by atoms with Gasteiger partial charge in [0.25, 0.3) is 0 Å². The maximum absolute atomic E-state index is 6.28. The first-order valence-corrected chi connectivity index (χ1v) is 19.0. The third-order valence-corrected chi connectivity index (χ3v) is 10.4. The van der Waals surface area contributed by atoms with Crippen molar-refractivity contribution < 1.29 is 0 Å². The molecule has 53 heavy (non-hydrogen) atoms. The summed E-state index contributed by atoms with van der Waals surface area (Å²) in [4.78, 5) is 9.68. The van der Waals surface area contributed by atoms with E-state index in [0.717, 1.165) is 84.6 Å². The third kappa shape index (κ3) is 8.38. The lowest BCUT2D eigenvalue weighted by molar-refractivity contribution is 0.559. The zero-order valence-electron chi connectivity index (χ0n) is 29.6. The number of halogens is 3. The molecule has 0 spiro atoms. The number of hydrogen-bond donors (Lipinski definition) is 2. The summed E-state index contributed by atoms with van der Waals surface area (Å²) in [5, 5.41) is 13.8. The highest BCUT2D eigenvalue weighted by molar-refractivity contribution is 6.31. The standard InChI is InChI=1S/C44H42Cl2N6.ClH/c45-33-13-9-11-31(21-33)29-51-41-17-5-3-15-37(41)39-23-35(49-27-43(39)51)25-47-19-7-1-2-8-20-48-26-36-24-40-38-16-4-6-18-42(38)52(44(40)28-50-36)30-32-12-10-14-34(46)22-32;/h3-6,9-18,21-24,27-28,47-48H,1-2,7-8,19-20,25-26,29-30H2;1H. The van der Waals surface area contributed by atoms with Gasteiger partial charge in [0.15, 0.2) is 0 Å². The molecule has 4 aromatic heterocycles. The summed E-state index contributed by atoms with van der Waals surface area (Å²) in [5.74, 6) is 0. The first-order chi connectivity index (χ1) is 25.6. The Bertz CT molecular complexity index is 2310. The van der Waals surface area contributed by atoms with Crippen molar-refractivity contribution in [2.45, 2.75) is 51.9 Å². The number of nitrogens with zero attached hydrogens (tertiary/aromatic N) is 4. The summed E-state index contributed by atoms with van der Waals surface area (Å²) >= 11 is 12.6. The molecule has 0 aliphatic heterocycles. The van der Waals surface area contributed by atoms with Crippen LogP contribution in [0.4, 0.5) is 0 Å². The fourth-order valence-electron chi connectivity index (χ4n) is 7.43. The Balaban J connectivity index is 0.00000435. The van der Waals surface area contributed by atoms with Crippen LogP contribution >= 0.6 is 35.6 Å². The zero-order chi connectivity index (χ0) is 35.3. The molecule has 0 unspecified atom stereocenters. The highest BCUT2D eigenvalue weighted by Gasteiger charge is 2.14. The second-order valence-corrected chi connectivity index (χ2v) is 14.5. The van der Waals surface area contributed by atoms with E-state index in [-0.39, 0.29) is 12.4 Å². The van der Waals surface area contributed by atoms with Crippen molar-refractivity contribution in [2.75, 3.05) is 13.1 Å². The maximum atomic E-state index is 6.28. The highest BCUT2D eigenvalue weighted by Crippen LogP contribution is 2.31. The Kier molecular flexibility index (Phi) is 11.9. The lowest BCUT2D eigenvalue weighted by atomic mass is 10.1. The summed E-state index contributed by atoms with van der Waals surface area (Å²) in [6, 6.07) is 37.9. The van der Waals surface area contributed by atoms with Gasteiger partial charge < -0.3 is 19.8 Å². The monoisotopic (exact) mass is 760 g/mol. The van der Waals surface area contributed by atoms with Crippen LogP contribution in [0.1, 0.15) is 48.2 Å². The number of pyridine rings is 2. The normalized spacial score (nSPS) is 11.6. The van der Waals surface area contributed by atoms with E-state index in [1.165, 1.54) is 56.5 Å². The van der Waals surface area contributed by atoms with Gasteiger partial charge in [-0.05, 0) is 85.6 Å². The molecule has 6 nitrogen and oxygen atoms in total. The quantitative estimate of drug-likeness (QED) is 0.102. The van der Waals surface area contributed by atoms with Crippen molar-refractivity contribution in [1.29, 1.82) is 0 Å². The van der Waals surface area contributed by atoms with Gasteiger partial charge in [0.1, 0.15) is 0 Å². The highest BCUT2D eigenvalue weighted by atomic mass is 35.5. The second-order valence-electron chi connectivity index (χ2n) is 13.6. The van der Waals surface area contributed by atoms with Crippen LogP contribution in [0.2, 0.25) is 10.0 Å². The van der Waals surface area contributed by atoms with Gasteiger partial charge in [-0.3, -0.25) is 9.97 Å². The van der Waals surface area contributed by atoms with E-state index in [9.17, 15) is 0 Å². The van der Waals surface area contributed by atoms with Crippen molar-refractivity contribution in [3.8, 4) is 0 Å². The minimum Gasteiger partial charge on any atom is -0.335 e. The SMILES string of the molecule is Cl.Clc1cccc(Cn2c3ccccc3c3cc(CNCCCCCCNCc4cc5c6ccccc6n(Cc6cccc(Cl)c6)c5cn4)ncc32)c1. The van der Waals surface area contributed by atoms with Crippen LogP contribution in [-0.4, -0.2) is 32.2 Å². The zero-order valence-corrected chi connectivity index (χ0v) is 31.9. The maximum Gasteiger partial charge on any atom is 0.0681 e. The predicted octanol–water partition coefficient (Wildman–Crippen LogP) is 11.0. The molecular weight excluding hydrogens is 719 g/mol. The first-order valence-electron chi connectivity index (χ1n) is 18.2. The van der Waals surface area contributed by atoms with Gasteiger partial charge in [-0.15, -0.1) is 12.4 Å². The van der Waals surface area contributed by atoms with Gasteiger partial charge in [0.2, 0.25) is 0 Å². The Hall–Kier alpha value is -4.43. The van der Waals surface area contributed by atoms with Crippen LogP contribution in [-0.2, 0) is 26.2 Å². The number of unbranched alkanes of at least 4 members (excludes halogenated alkanes) is 3. The molecule has 0 atom stereocenters. The minimum atomic E-state index is 0. The van der Waals surface area contributed by atoms with Gasteiger partial charge in [0, 0.05) is 68.8 Å². The molecule has 4 aromatic carbocycles. The average molecular weight is 762 g/mol. The second kappa shape index (κ2) is 17.1. The van der Waals surface area contributed by atoms with E-state index in [1.807, 2.05) is 48.8 Å². The van der Waals surface area contributed by atoms with Crippen LogP contribution in [0.3, 0.4) is 0 Å². The van der Waals surface area contributed by atoms with E-state index in [4.69, 9.17) is 33.2 Å². The molecule has 0 aliphatic rings. The summed E-state index contributed by atoms with van der Waals surface area (Å²) in [7, 11) is 0. The van der Waals surface area contributed by atoms with Gasteiger partial charge >= 0.3 is 0 Å². The summed E-state index contributed by atoms with van der Waals surface area (Å²) in [5.41, 5.74) is 9.21. The van der Waals surface area contributed by atoms with Gasteiger partial charge in [-0.25, -0.2) is 0 Å². The van der Waals surface area contributed by atoms with Crippen LogP contribution in [0.5, 0.6) is 0 Å². The van der Waals surface area contributed by atoms with Gasteiger partial charge in [-0.1, -0.05) is 96.7 Å². The third-order valence-electron chi connectivity index (χ3n) is 9.96. The summed E-state index contributed by atoms with van der Waals surface area (Å²) < 4.78 is 4.68. The smallest absolute Gasteiger partial charge is 0.0681 e. The van der Waals surface area contributed by atoms with Crippen LogP contribution < -0.4 is 10.6 Å². The summed E-state index contributed by atoms with van der Waals surface area (Å²) in [6.45, 7) is 5.01. The molecule has 9 heteroatoms. The molecule has 0 bridgehead atoms. The van der Waals surface area contributed by atoms with Crippen molar-refractivity contribution in [3.63, 3.8) is 0 Å². The molecule has 4 heterocycles. The topological polar surface area (TPSA) is 59.7 Å². The number of nitrogens with one attached hydrogen (secondary N) is 2. The minimum absolute atomic E-state index is 0. The molecule has 270 valence electrons. The van der Waals surface area contributed by atoms with Crippen molar-refractivity contribution in [1.82, 2.24) is 29.7 Å². The largest absolute Gasteiger partial charge is 0.335 e. The molecule has 0 saturated heterocycles. The Morgan fingerprint density at radius 2 is 0.925 bits per heavy atom. The van der Waals surface area contributed by atoms with E-state index >= 15 is 0 Å². The molecule has 8 aromatic rings. The van der Waals surface area contributed by atoms with Crippen LogP contribution in [0.15, 0.2) is 122 Å². The molecule has 8 rings (SSSR count).